The summed E-state index contributed by atoms with van der Waals surface area (Å²) in [5, 5.41) is 14.1. The Morgan fingerprint density at radius 3 is 2.56 bits per heavy atom. The first kappa shape index (κ1) is 19.2. The number of benzene rings is 2. The van der Waals surface area contributed by atoms with Crippen molar-refractivity contribution in [3.8, 4) is 17.0 Å². The molecule has 0 amide bonds. The van der Waals surface area contributed by atoms with Crippen molar-refractivity contribution in [3.63, 3.8) is 0 Å². The lowest BCUT2D eigenvalue weighted by atomic mass is 10.1. The minimum Gasteiger partial charge on any atom is -0.490 e. The lowest BCUT2D eigenvalue weighted by Crippen LogP contribution is -2.31. The van der Waals surface area contributed by atoms with E-state index >= 15 is 0 Å². The number of ether oxygens (including phenoxy) is 1. The summed E-state index contributed by atoms with van der Waals surface area (Å²) in [6.07, 6.45) is -0.544. The fourth-order valence-electron chi connectivity index (χ4n) is 2.58. The third-order valence-corrected chi connectivity index (χ3v) is 3.81. The predicted octanol–water partition coefficient (Wildman–Crippen LogP) is 3.67. The molecule has 0 spiro atoms. The van der Waals surface area contributed by atoms with Gasteiger partial charge in [-0.2, -0.15) is 0 Å². The first-order chi connectivity index (χ1) is 11.8. The van der Waals surface area contributed by atoms with Crippen LogP contribution in [-0.4, -0.2) is 35.9 Å². The van der Waals surface area contributed by atoms with Crippen molar-refractivity contribution in [1.82, 2.24) is 10.3 Å². The summed E-state index contributed by atoms with van der Waals surface area (Å²) in [6.45, 7) is 3.60. The number of hydrogen-bond donors (Lipinski definition) is 2. The van der Waals surface area contributed by atoms with Gasteiger partial charge in [-0.25, -0.2) is 4.98 Å². The summed E-state index contributed by atoms with van der Waals surface area (Å²) in [5.41, 5.74) is 2.79. The largest absolute Gasteiger partial charge is 0.490 e. The molecule has 0 fully saturated rings. The normalized spacial score (nSPS) is 11.8. The molecule has 1 aromatic heterocycles. The lowest BCUT2D eigenvalue weighted by molar-refractivity contribution is 0.108. The van der Waals surface area contributed by atoms with E-state index in [-0.39, 0.29) is 19.0 Å². The van der Waals surface area contributed by atoms with Gasteiger partial charge in [0.05, 0.1) is 11.2 Å². The van der Waals surface area contributed by atoms with Crippen LogP contribution in [0.2, 0.25) is 0 Å². The average Bonchev–Trinajstić information content (AvgIpc) is 2.65. The summed E-state index contributed by atoms with van der Waals surface area (Å²) in [4.78, 5) is 4.73. The van der Waals surface area contributed by atoms with Crippen LogP contribution in [0.25, 0.3) is 22.2 Å². The number of aromatic nitrogens is 1. The highest BCUT2D eigenvalue weighted by Gasteiger charge is 2.10. The second kappa shape index (κ2) is 9.37. The van der Waals surface area contributed by atoms with E-state index in [1.165, 1.54) is 0 Å². The van der Waals surface area contributed by atoms with E-state index in [0.717, 1.165) is 34.5 Å². The molecule has 0 aliphatic heterocycles. The zero-order chi connectivity index (χ0) is 16.8. The minimum absolute atomic E-state index is 0. The molecule has 3 rings (SSSR count). The smallest absolute Gasteiger partial charge is 0.131 e. The molecule has 0 aliphatic carbocycles. The summed E-state index contributed by atoms with van der Waals surface area (Å²) in [5.74, 6) is 0.745. The molecule has 2 N–H and O–H groups in total. The van der Waals surface area contributed by atoms with E-state index < -0.39 is 6.10 Å². The molecule has 132 valence electrons. The highest BCUT2D eigenvalue weighted by Crippen LogP contribution is 2.30. The van der Waals surface area contributed by atoms with Gasteiger partial charge in [-0.1, -0.05) is 49.4 Å². The highest BCUT2D eigenvalue weighted by atomic mass is 35.5. The lowest BCUT2D eigenvalue weighted by Gasteiger charge is -2.15. The number of para-hydroxylation sites is 1. The Morgan fingerprint density at radius 1 is 1.08 bits per heavy atom. The third kappa shape index (κ3) is 4.92. The maximum atomic E-state index is 10.00. The summed E-state index contributed by atoms with van der Waals surface area (Å²) >= 11 is 0. The molecule has 0 bridgehead atoms. The van der Waals surface area contributed by atoms with Crippen LogP contribution in [0.3, 0.4) is 0 Å². The number of hydrogen-bond acceptors (Lipinski definition) is 4. The van der Waals surface area contributed by atoms with Crippen LogP contribution in [0.15, 0.2) is 60.7 Å². The summed E-state index contributed by atoms with van der Waals surface area (Å²) in [6, 6.07) is 19.9. The number of pyridine rings is 1. The Bertz CT molecular complexity index is 796. The summed E-state index contributed by atoms with van der Waals surface area (Å²) in [7, 11) is 0. The Morgan fingerprint density at radius 2 is 1.80 bits per heavy atom. The van der Waals surface area contributed by atoms with Gasteiger partial charge in [-0.15, -0.1) is 12.4 Å². The molecule has 0 saturated carbocycles. The van der Waals surface area contributed by atoms with Crippen molar-refractivity contribution in [2.45, 2.75) is 13.0 Å². The molecule has 3 aromatic rings. The molecule has 25 heavy (non-hydrogen) atoms. The molecule has 2 aromatic carbocycles. The van der Waals surface area contributed by atoms with E-state index in [2.05, 4.69) is 5.32 Å². The van der Waals surface area contributed by atoms with Crippen molar-refractivity contribution in [2.75, 3.05) is 19.7 Å². The Hall–Kier alpha value is -2.14. The number of nitrogens with one attached hydrogen (secondary N) is 1. The number of halogens is 1. The van der Waals surface area contributed by atoms with Gasteiger partial charge in [0.1, 0.15) is 18.5 Å². The first-order valence-corrected chi connectivity index (χ1v) is 8.24. The fourth-order valence-corrected chi connectivity index (χ4v) is 2.58. The molecule has 1 atom stereocenters. The van der Waals surface area contributed by atoms with E-state index in [9.17, 15) is 5.11 Å². The number of nitrogens with zero attached hydrogens (tertiary/aromatic N) is 1. The predicted molar refractivity (Wildman–Crippen MR) is 104 cm³/mol. The van der Waals surface area contributed by atoms with Crippen molar-refractivity contribution in [3.05, 3.63) is 60.7 Å². The Kier molecular flexibility index (Phi) is 7.19. The van der Waals surface area contributed by atoms with Crippen molar-refractivity contribution >= 4 is 23.3 Å². The molecule has 5 heteroatoms. The molecule has 4 nitrogen and oxygen atoms in total. The Labute approximate surface area is 154 Å². The van der Waals surface area contributed by atoms with Crippen LogP contribution in [0.4, 0.5) is 0 Å². The van der Waals surface area contributed by atoms with Gasteiger partial charge in [0, 0.05) is 23.6 Å². The summed E-state index contributed by atoms with van der Waals surface area (Å²) < 4.78 is 5.91. The van der Waals surface area contributed by atoms with Crippen molar-refractivity contribution in [1.29, 1.82) is 0 Å². The van der Waals surface area contributed by atoms with Gasteiger partial charge >= 0.3 is 0 Å². The molecule has 0 saturated heterocycles. The van der Waals surface area contributed by atoms with Crippen LogP contribution in [0.5, 0.6) is 5.75 Å². The van der Waals surface area contributed by atoms with Crippen molar-refractivity contribution in [2.24, 2.45) is 0 Å². The fraction of sp³-hybridized carbons (Fsp3) is 0.250. The Balaban J connectivity index is 0.00000225. The molecule has 0 radical (unpaired) electrons. The average molecular weight is 359 g/mol. The number of aliphatic hydroxyl groups is 1. The second-order valence-electron chi connectivity index (χ2n) is 5.66. The minimum atomic E-state index is -0.544. The molecule has 1 heterocycles. The van der Waals surface area contributed by atoms with Crippen LogP contribution in [0, 0.1) is 0 Å². The standard InChI is InChI=1S/C20H22N2O2.ClH/c1-2-21-13-16(23)14-24-20-12-19(15-8-4-3-5-9-15)22-18-11-7-6-10-17(18)20;/h3-12,16,21,23H,2,13-14H2,1H3;1H/t16-;/m0./s1. The number of fused-ring (bicyclic) bond motifs is 1. The van der Waals surface area contributed by atoms with Gasteiger partial charge in [0.15, 0.2) is 0 Å². The highest BCUT2D eigenvalue weighted by molar-refractivity contribution is 5.87. The van der Waals surface area contributed by atoms with Gasteiger partial charge in [-0.3, -0.25) is 0 Å². The molecule has 0 aliphatic rings. The second-order valence-corrected chi connectivity index (χ2v) is 5.66. The zero-order valence-corrected chi connectivity index (χ0v) is 15.0. The van der Waals surface area contributed by atoms with Gasteiger partial charge < -0.3 is 15.2 Å². The first-order valence-electron chi connectivity index (χ1n) is 8.24. The number of likely N-dealkylation sites (N-methyl/N-ethyl adjacent to an activating group) is 1. The van der Waals surface area contributed by atoms with E-state index in [1.807, 2.05) is 67.6 Å². The van der Waals surface area contributed by atoms with Crippen molar-refractivity contribution < 1.29 is 9.84 Å². The molecule has 0 unspecified atom stereocenters. The van der Waals surface area contributed by atoms with E-state index in [0.29, 0.717) is 6.54 Å². The SMILES string of the molecule is CCNC[C@H](O)COc1cc(-c2ccccc2)nc2ccccc12.Cl. The van der Waals surface area contributed by atoms with E-state index in [1.54, 1.807) is 0 Å². The zero-order valence-electron chi connectivity index (χ0n) is 14.2. The van der Waals surface area contributed by atoms with Crippen LogP contribution in [0.1, 0.15) is 6.92 Å². The number of aliphatic hydroxyl groups excluding tert-OH is 1. The van der Waals surface area contributed by atoms with Gasteiger partial charge in [0.2, 0.25) is 0 Å². The maximum absolute atomic E-state index is 10.00. The third-order valence-electron chi connectivity index (χ3n) is 3.81. The van der Waals surface area contributed by atoms with E-state index in [4.69, 9.17) is 9.72 Å². The van der Waals surface area contributed by atoms with Gasteiger partial charge in [0.25, 0.3) is 0 Å². The topological polar surface area (TPSA) is 54.4 Å². The maximum Gasteiger partial charge on any atom is 0.131 e. The van der Waals surface area contributed by atoms with Crippen LogP contribution >= 0.6 is 12.4 Å². The van der Waals surface area contributed by atoms with Crippen LogP contribution in [-0.2, 0) is 0 Å². The monoisotopic (exact) mass is 358 g/mol. The van der Waals surface area contributed by atoms with Gasteiger partial charge in [-0.05, 0) is 18.7 Å². The number of rotatable bonds is 7. The quantitative estimate of drug-likeness (QED) is 0.676. The van der Waals surface area contributed by atoms with Crippen LogP contribution < -0.4 is 10.1 Å². The molecular formula is C20H23ClN2O2. The molecular weight excluding hydrogens is 336 g/mol.